The van der Waals surface area contributed by atoms with Gasteiger partial charge < -0.3 is 9.67 Å². The van der Waals surface area contributed by atoms with Crippen molar-refractivity contribution in [3.8, 4) is 11.3 Å². The molecule has 0 fully saturated rings. The maximum Gasteiger partial charge on any atom is 0.354 e. The van der Waals surface area contributed by atoms with Crippen molar-refractivity contribution in [3.63, 3.8) is 0 Å². The van der Waals surface area contributed by atoms with Gasteiger partial charge in [-0.1, -0.05) is 29.8 Å². The van der Waals surface area contributed by atoms with E-state index in [-0.39, 0.29) is 28.8 Å². The highest BCUT2D eigenvalue weighted by atomic mass is 32.2. The molecule has 6 nitrogen and oxygen atoms in total. The molecule has 2 heterocycles. The average Bonchev–Trinajstić information content (AvgIpc) is 2.89. The predicted octanol–water partition coefficient (Wildman–Crippen LogP) is 1.34. The van der Waals surface area contributed by atoms with Crippen molar-refractivity contribution < 1.29 is 18.3 Å². The zero-order valence-corrected chi connectivity index (χ0v) is 11.5. The Hall–Kier alpha value is -2.15. The fourth-order valence-corrected chi connectivity index (χ4v) is 3.66. The predicted molar refractivity (Wildman–Crippen MR) is 71.4 cm³/mol. The molecule has 0 spiro atoms. The Morgan fingerprint density at radius 1 is 1.30 bits per heavy atom. The summed E-state index contributed by atoms with van der Waals surface area (Å²) in [5.41, 5.74) is 1.77. The Kier molecular flexibility index (Phi) is 2.68. The van der Waals surface area contributed by atoms with Crippen molar-refractivity contribution in [2.24, 2.45) is 0 Å². The summed E-state index contributed by atoms with van der Waals surface area (Å²) in [4.78, 5) is 15.5. The van der Waals surface area contributed by atoms with Gasteiger partial charge >= 0.3 is 5.97 Å². The number of carboxylic acid groups (broad SMARTS) is 1. The lowest BCUT2D eigenvalue weighted by molar-refractivity contribution is 0.0685. The second-order valence-corrected chi connectivity index (χ2v) is 6.74. The van der Waals surface area contributed by atoms with Gasteiger partial charge in [0, 0.05) is 12.1 Å². The minimum absolute atomic E-state index is 0.0649. The van der Waals surface area contributed by atoms with Crippen LogP contribution < -0.4 is 0 Å². The Morgan fingerprint density at radius 2 is 1.95 bits per heavy atom. The van der Waals surface area contributed by atoms with E-state index in [1.165, 1.54) is 4.57 Å². The molecule has 0 bridgehead atoms. The van der Waals surface area contributed by atoms with Crippen molar-refractivity contribution in [2.45, 2.75) is 18.6 Å². The topological polar surface area (TPSA) is 89.3 Å². The minimum Gasteiger partial charge on any atom is -0.477 e. The van der Waals surface area contributed by atoms with E-state index in [1.54, 1.807) is 12.1 Å². The number of hydrogen-bond donors (Lipinski definition) is 1. The highest BCUT2D eigenvalue weighted by Crippen LogP contribution is 2.30. The van der Waals surface area contributed by atoms with E-state index < -0.39 is 15.8 Å². The summed E-state index contributed by atoms with van der Waals surface area (Å²) in [6.07, 6.45) is 0. The maximum atomic E-state index is 11.9. The van der Waals surface area contributed by atoms with Crippen LogP contribution in [0.5, 0.6) is 0 Å². The van der Waals surface area contributed by atoms with Crippen molar-refractivity contribution >= 4 is 15.8 Å². The van der Waals surface area contributed by atoms with Gasteiger partial charge in [0.25, 0.3) is 0 Å². The summed E-state index contributed by atoms with van der Waals surface area (Å²) in [6.45, 7) is 2.05. The lowest BCUT2D eigenvalue weighted by atomic mass is 10.1. The van der Waals surface area contributed by atoms with Crippen LogP contribution in [0.1, 0.15) is 16.1 Å². The monoisotopic (exact) mass is 292 g/mol. The number of sulfone groups is 1. The lowest BCUT2D eigenvalue weighted by Gasteiger charge is -2.03. The SMILES string of the molecule is Cc1ccc(-c2nc3n(c2C(=O)O)CCS3(=O)=O)cc1. The quantitative estimate of drug-likeness (QED) is 0.902. The van der Waals surface area contributed by atoms with Crippen LogP contribution in [0, 0.1) is 6.92 Å². The Morgan fingerprint density at radius 3 is 2.55 bits per heavy atom. The first-order valence-corrected chi connectivity index (χ1v) is 7.69. The van der Waals surface area contributed by atoms with E-state index in [0.717, 1.165) is 5.56 Å². The standard InChI is InChI=1S/C13H12N2O4S/c1-8-2-4-9(5-3-8)10-11(12(16)17)15-6-7-20(18,19)13(15)14-10/h2-5H,6-7H2,1H3,(H,16,17). The first-order valence-electron chi connectivity index (χ1n) is 6.04. The summed E-state index contributed by atoms with van der Waals surface area (Å²) in [7, 11) is -3.47. The number of aryl methyl sites for hydroxylation is 1. The van der Waals surface area contributed by atoms with Crippen molar-refractivity contribution in [1.29, 1.82) is 0 Å². The first kappa shape index (κ1) is 12.9. The fourth-order valence-electron chi connectivity index (χ4n) is 2.31. The summed E-state index contributed by atoms with van der Waals surface area (Å²) in [5.74, 6) is -1.26. The van der Waals surface area contributed by atoms with Gasteiger partial charge in [0.2, 0.25) is 15.0 Å². The number of hydrogen-bond acceptors (Lipinski definition) is 4. The minimum atomic E-state index is -3.47. The highest BCUT2D eigenvalue weighted by Gasteiger charge is 2.35. The van der Waals surface area contributed by atoms with Gasteiger partial charge in [-0.15, -0.1) is 0 Å². The van der Waals surface area contributed by atoms with Crippen molar-refractivity contribution in [1.82, 2.24) is 9.55 Å². The molecule has 1 aliphatic rings. The second-order valence-electron chi connectivity index (χ2n) is 4.73. The molecule has 1 N–H and O–H groups in total. The van der Waals surface area contributed by atoms with Crippen LogP contribution in [0.25, 0.3) is 11.3 Å². The van der Waals surface area contributed by atoms with E-state index in [1.807, 2.05) is 19.1 Å². The molecule has 0 saturated heterocycles. The molecule has 20 heavy (non-hydrogen) atoms. The van der Waals surface area contributed by atoms with Crippen molar-refractivity contribution in [3.05, 3.63) is 35.5 Å². The van der Waals surface area contributed by atoms with Gasteiger partial charge in [0.15, 0.2) is 5.69 Å². The van der Waals surface area contributed by atoms with E-state index in [2.05, 4.69) is 4.98 Å². The molecule has 0 amide bonds. The molecule has 2 aromatic rings. The summed E-state index contributed by atoms with van der Waals surface area (Å²) >= 11 is 0. The Labute approximate surface area is 115 Å². The summed E-state index contributed by atoms with van der Waals surface area (Å²) < 4.78 is 25.0. The van der Waals surface area contributed by atoms with Crippen LogP contribution in [0.4, 0.5) is 0 Å². The average molecular weight is 292 g/mol. The molecule has 1 aliphatic heterocycles. The second kappa shape index (κ2) is 4.17. The molecule has 1 aromatic carbocycles. The molecule has 0 aliphatic carbocycles. The fraction of sp³-hybridized carbons (Fsp3) is 0.231. The molecule has 104 valence electrons. The van der Waals surface area contributed by atoms with Crippen LogP contribution in [-0.4, -0.2) is 34.8 Å². The summed E-state index contributed by atoms with van der Waals surface area (Å²) in [5, 5.41) is 9.20. The number of rotatable bonds is 2. The van der Waals surface area contributed by atoms with Crippen LogP contribution in [-0.2, 0) is 16.4 Å². The van der Waals surface area contributed by atoms with Gasteiger partial charge in [0.1, 0.15) is 5.69 Å². The molecule has 0 saturated carbocycles. The zero-order chi connectivity index (χ0) is 14.5. The molecule has 1 aromatic heterocycles. The number of fused-ring (bicyclic) bond motifs is 1. The Bertz CT molecular complexity index is 804. The van der Waals surface area contributed by atoms with Gasteiger partial charge in [-0.2, -0.15) is 0 Å². The number of imidazole rings is 1. The van der Waals surface area contributed by atoms with Crippen LogP contribution in [0.15, 0.2) is 29.4 Å². The zero-order valence-electron chi connectivity index (χ0n) is 10.7. The van der Waals surface area contributed by atoms with Gasteiger partial charge in [0.05, 0.1) is 5.75 Å². The number of aromatic carboxylic acids is 1. The third-order valence-corrected chi connectivity index (χ3v) is 4.91. The Balaban J connectivity index is 2.27. The van der Waals surface area contributed by atoms with Crippen LogP contribution >= 0.6 is 0 Å². The largest absolute Gasteiger partial charge is 0.477 e. The third-order valence-electron chi connectivity index (χ3n) is 3.32. The number of nitrogens with zero attached hydrogens (tertiary/aromatic N) is 2. The molecule has 7 heteroatoms. The van der Waals surface area contributed by atoms with Crippen LogP contribution in [0.2, 0.25) is 0 Å². The molecule has 0 unspecified atom stereocenters. The molecule has 0 radical (unpaired) electrons. The number of aromatic nitrogens is 2. The van der Waals surface area contributed by atoms with E-state index >= 15 is 0 Å². The first-order chi connectivity index (χ1) is 9.40. The number of carboxylic acids is 1. The molecular formula is C13H12N2O4S. The number of carbonyl (C=O) groups is 1. The van der Waals surface area contributed by atoms with Crippen LogP contribution in [0.3, 0.4) is 0 Å². The molecule has 3 rings (SSSR count). The van der Waals surface area contributed by atoms with Gasteiger partial charge in [-0.25, -0.2) is 18.2 Å². The van der Waals surface area contributed by atoms with E-state index in [4.69, 9.17) is 0 Å². The van der Waals surface area contributed by atoms with Gasteiger partial charge in [-0.05, 0) is 6.92 Å². The lowest BCUT2D eigenvalue weighted by Crippen LogP contribution is -2.08. The number of benzene rings is 1. The van der Waals surface area contributed by atoms with E-state index in [0.29, 0.717) is 5.56 Å². The highest BCUT2D eigenvalue weighted by molar-refractivity contribution is 7.91. The smallest absolute Gasteiger partial charge is 0.354 e. The maximum absolute atomic E-state index is 11.9. The molecule has 0 atom stereocenters. The normalized spacial score (nSPS) is 16.1. The third kappa shape index (κ3) is 1.82. The van der Waals surface area contributed by atoms with Gasteiger partial charge in [-0.3, -0.25) is 0 Å². The molecular weight excluding hydrogens is 280 g/mol. The van der Waals surface area contributed by atoms with Crippen molar-refractivity contribution in [2.75, 3.05) is 5.75 Å². The van der Waals surface area contributed by atoms with E-state index in [9.17, 15) is 18.3 Å². The summed E-state index contributed by atoms with van der Waals surface area (Å²) in [6, 6.07) is 7.15.